The van der Waals surface area contributed by atoms with Gasteiger partial charge in [0.25, 0.3) is 11.4 Å². The van der Waals surface area contributed by atoms with Gasteiger partial charge >= 0.3 is 0 Å². The molecule has 3 rings (SSSR count). The number of rotatable bonds is 6. The highest BCUT2D eigenvalue weighted by Gasteiger charge is 2.08. The molecule has 0 amide bonds. The number of hydrogen-bond acceptors (Lipinski definition) is 6. The molecule has 0 spiro atoms. The van der Waals surface area contributed by atoms with Crippen LogP contribution in [-0.2, 0) is 0 Å². The Bertz CT molecular complexity index is 1080. The highest BCUT2D eigenvalue weighted by atomic mass is 16.6. The Morgan fingerprint density at radius 2 is 1.03 bits per heavy atom. The number of non-ortho nitro benzene ring substituents is 2. The molecule has 0 saturated heterocycles. The molecule has 0 bridgehead atoms. The van der Waals surface area contributed by atoms with Gasteiger partial charge in [0.15, 0.2) is 0 Å². The van der Waals surface area contributed by atoms with Gasteiger partial charge in [0.1, 0.15) is 0 Å². The lowest BCUT2D eigenvalue weighted by molar-refractivity contribution is -0.385. The van der Waals surface area contributed by atoms with E-state index >= 15 is 0 Å². The van der Waals surface area contributed by atoms with Crippen molar-refractivity contribution < 1.29 is 9.85 Å². The number of nitro benzene ring substituents is 2. The lowest BCUT2D eigenvalue weighted by Crippen LogP contribution is -1.89. The molecule has 0 unspecified atom stereocenters. The van der Waals surface area contributed by atoms with E-state index in [9.17, 15) is 20.2 Å². The zero-order chi connectivity index (χ0) is 21.7. The van der Waals surface area contributed by atoms with Crippen molar-refractivity contribution in [1.29, 1.82) is 0 Å². The molecule has 0 aliphatic heterocycles. The number of nitro groups is 2. The highest BCUT2D eigenvalue weighted by molar-refractivity contribution is 5.86. The average molecular weight is 402 g/mol. The maximum absolute atomic E-state index is 10.8. The first-order valence-corrected chi connectivity index (χ1v) is 9.02. The summed E-state index contributed by atoms with van der Waals surface area (Å²) >= 11 is 0. The summed E-state index contributed by atoms with van der Waals surface area (Å²) in [6.07, 6.45) is 3.38. The fourth-order valence-corrected chi connectivity index (χ4v) is 2.75. The fraction of sp³-hybridized carbons (Fsp3) is 0.0909. The molecular formula is C22H18N4O4. The first-order valence-electron chi connectivity index (χ1n) is 9.02. The number of aryl methyl sites for hydroxylation is 2. The van der Waals surface area contributed by atoms with Gasteiger partial charge in [-0.2, -0.15) is 0 Å². The molecule has 0 atom stereocenters. The third-order valence-corrected chi connectivity index (χ3v) is 4.42. The lowest BCUT2D eigenvalue weighted by atomic mass is 10.1. The van der Waals surface area contributed by atoms with Crippen LogP contribution < -0.4 is 0 Å². The van der Waals surface area contributed by atoms with E-state index < -0.39 is 9.85 Å². The monoisotopic (exact) mass is 402 g/mol. The predicted octanol–water partition coefficient (Wildman–Crippen LogP) is 5.62. The van der Waals surface area contributed by atoms with E-state index in [0.717, 1.165) is 22.3 Å². The van der Waals surface area contributed by atoms with Gasteiger partial charge in [-0.25, -0.2) is 0 Å². The van der Waals surface area contributed by atoms with Crippen LogP contribution in [0.15, 0.2) is 70.6 Å². The van der Waals surface area contributed by atoms with Gasteiger partial charge in [0.2, 0.25) is 0 Å². The smallest absolute Gasteiger partial charge is 0.258 e. The first kappa shape index (κ1) is 20.5. The van der Waals surface area contributed by atoms with Gasteiger partial charge in [-0.3, -0.25) is 30.2 Å². The van der Waals surface area contributed by atoms with Gasteiger partial charge in [-0.1, -0.05) is 24.3 Å². The van der Waals surface area contributed by atoms with E-state index in [1.807, 2.05) is 24.3 Å². The van der Waals surface area contributed by atoms with Crippen LogP contribution in [-0.4, -0.2) is 22.3 Å². The molecule has 30 heavy (non-hydrogen) atoms. The summed E-state index contributed by atoms with van der Waals surface area (Å²) < 4.78 is 0. The number of benzene rings is 3. The number of nitrogens with zero attached hydrogens (tertiary/aromatic N) is 4. The fourth-order valence-electron chi connectivity index (χ4n) is 2.75. The maximum atomic E-state index is 10.8. The zero-order valence-electron chi connectivity index (χ0n) is 16.4. The SMILES string of the molecule is Cc1cc([N+](=O)[O-])ccc1N=Cc1ccc(C=Nc2ccc([N+](=O)[O-])cc2C)cc1. The molecule has 0 fully saturated rings. The van der Waals surface area contributed by atoms with E-state index in [0.29, 0.717) is 11.4 Å². The Hall–Kier alpha value is -4.20. The van der Waals surface area contributed by atoms with Crippen LogP contribution in [0.3, 0.4) is 0 Å². The summed E-state index contributed by atoms with van der Waals surface area (Å²) in [4.78, 5) is 29.6. The minimum atomic E-state index is -0.432. The van der Waals surface area contributed by atoms with Gasteiger partial charge in [0, 0.05) is 36.7 Å². The zero-order valence-corrected chi connectivity index (χ0v) is 16.4. The van der Waals surface area contributed by atoms with Gasteiger partial charge < -0.3 is 0 Å². The molecule has 150 valence electrons. The molecule has 8 heteroatoms. The second kappa shape index (κ2) is 8.87. The van der Waals surface area contributed by atoms with Gasteiger partial charge in [-0.15, -0.1) is 0 Å². The summed E-state index contributed by atoms with van der Waals surface area (Å²) in [5.74, 6) is 0. The highest BCUT2D eigenvalue weighted by Crippen LogP contribution is 2.24. The largest absolute Gasteiger partial charge is 0.269 e. The lowest BCUT2D eigenvalue weighted by Gasteiger charge is -2.01. The van der Waals surface area contributed by atoms with E-state index in [-0.39, 0.29) is 11.4 Å². The Balaban J connectivity index is 1.71. The summed E-state index contributed by atoms with van der Waals surface area (Å²) in [5, 5.41) is 21.6. The molecule has 3 aromatic rings. The Morgan fingerprint density at radius 1 is 0.667 bits per heavy atom. The minimum Gasteiger partial charge on any atom is -0.258 e. The van der Waals surface area contributed by atoms with Crippen molar-refractivity contribution >= 4 is 35.2 Å². The van der Waals surface area contributed by atoms with E-state index in [2.05, 4.69) is 9.98 Å². The molecule has 0 saturated carbocycles. The standard InChI is InChI=1S/C22H18N4O4/c1-15-11-19(25(27)28)7-9-21(15)23-13-17-3-5-18(6-4-17)14-24-22-10-8-20(26(29)30)12-16(22)2/h3-14H,1-2H3. The molecule has 0 N–H and O–H groups in total. The van der Waals surface area contributed by atoms with Crippen LogP contribution >= 0.6 is 0 Å². The normalized spacial score (nSPS) is 11.3. The number of aliphatic imine (C=N–C) groups is 2. The van der Waals surface area contributed by atoms with Gasteiger partial charge in [-0.05, 0) is 48.2 Å². The summed E-state index contributed by atoms with van der Waals surface area (Å²) in [6, 6.07) is 16.6. The molecule has 3 aromatic carbocycles. The molecule has 8 nitrogen and oxygen atoms in total. The molecular weight excluding hydrogens is 384 g/mol. The van der Waals surface area contributed by atoms with Crippen LogP contribution in [0.1, 0.15) is 22.3 Å². The third-order valence-electron chi connectivity index (χ3n) is 4.42. The summed E-state index contributed by atoms with van der Waals surface area (Å²) in [5.41, 5.74) is 4.61. The first-order chi connectivity index (χ1) is 14.3. The van der Waals surface area contributed by atoms with Crippen molar-refractivity contribution in [1.82, 2.24) is 0 Å². The molecule has 0 aromatic heterocycles. The van der Waals surface area contributed by atoms with Crippen LogP contribution in [0.25, 0.3) is 0 Å². The molecule has 0 radical (unpaired) electrons. The Kier molecular flexibility index (Phi) is 6.07. The van der Waals surface area contributed by atoms with E-state index in [4.69, 9.17) is 0 Å². The second-order valence-electron chi connectivity index (χ2n) is 6.64. The van der Waals surface area contributed by atoms with E-state index in [1.165, 1.54) is 24.3 Å². The number of hydrogen-bond donors (Lipinski definition) is 0. The summed E-state index contributed by atoms with van der Waals surface area (Å²) in [6.45, 7) is 3.55. The Morgan fingerprint density at radius 3 is 1.33 bits per heavy atom. The van der Waals surface area contributed by atoms with Crippen LogP contribution in [0, 0.1) is 34.1 Å². The average Bonchev–Trinajstić information content (AvgIpc) is 2.72. The quantitative estimate of drug-likeness (QED) is 0.302. The van der Waals surface area contributed by atoms with Crippen molar-refractivity contribution in [3.05, 3.63) is 103 Å². The topological polar surface area (TPSA) is 111 Å². The predicted molar refractivity (Wildman–Crippen MR) is 117 cm³/mol. The minimum absolute atomic E-state index is 0.0401. The van der Waals surface area contributed by atoms with Crippen LogP contribution in [0.2, 0.25) is 0 Å². The van der Waals surface area contributed by atoms with Crippen molar-refractivity contribution in [3.8, 4) is 0 Å². The van der Waals surface area contributed by atoms with Crippen LogP contribution in [0.5, 0.6) is 0 Å². The van der Waals surface area contributed by atoms with Crippen LogP contribution in [0.4, 0.5) is 22.7 Å². The molecule has 0 aliphatic carbocycles. The third kappa shape index (κ3) is 4.99. The second-order valence-corrected chi connectivity index (χ2v) is 6.64. The van der Waals surface area contributed by atoms with E-state index in [1.54, 1.807) is 38.4 Å². The van der Waals surface area contributed by atoms with Gasteiger partial charge in [0.05, 0.1) is 21.2 Å². The van der Waals surface area contributed by atoms with Crippen molar-refractivity contribution in [2.45, 2.75) is 13.8 Å². The van der Waals surface area contributed by atoms with Crippen molar-refractivity contribution in [3.63, 3.8) is 0 Å². The molecule has 0 heterocycles. The van der Waals surface area contributed by atoms with Crippen molar-refractivity contribution in [2.75, 3.05) is 0 Å². The molecule has 0 aliphatic rings. The van der Waals surface area contributed by atoms with Crippen molar-refractivity contribution in [2.24, 2.45) is 9.98 Å². The summed E-state index contributed by atoms with van der Waals surface area (Å²) in [7, 11) is 0. The Labute approximate surface area is 172 Å². The maximum Gasteiger partial charge on any atom is 0.269 e.